The lowest BCUT2D eigenvalue weighted by Crippen LogP contribution is -2.65. The first kappa shape index (κ1) is 18.7. The highest BCUT2D eigenvalue weighted by atomic mass is 16.6. The number of hydrogen-bond donors (Lipinski definition) is 3. The van der Waals surface area contributed by atoms with Gasteiger partial charge in [-0.25, -0.2) is 4.79 Å². The Bertz CT molecular complexity index is 318. The highest BCUT2D eigenvalue weighted by molar-refractivity contribution is 5.90. The number of likely N-dealkylation sites (N-methyl/N-ethyl adjacent to an activating group) is 1. The van der Waals surface area contributed by atoms with Crippen molar-refractivity contribution < 1.29 is 14.3 Å². The molecule has 1 fully saturated rings. The lowest BCUT2D eigenvalue weighted by Gasteiger charge is -2.36. The third-order valence-corrected chi connectivity index (χ3v) is 2.79. The minimum Gasteiger partial charge on any atom is -0.444 e. The number of carbonyl (C=O) groups excluding carboxylic acids is 2. The topological polar surface area (TPSA) is 79.5 Å². The van der Waals surface area contributed by atoms with Crippen molar-refractivity contribution in [2.24, 2.45) is 0 Å². The smallest absolute Gasteiger partial charge is 0.408 e. The maximum atomic E-state index is 12.0. The second-order valence-corrected chi connectivity index (χ2v) is 5.57. The summed E-state index contributed by atoms with van der Waals surface area (Å²) in [4.78, 5) is 23.8. The van der Waals surface area contributed by atoms with Crippen LogP contribution in [0.2, 0.25) is 0 Å². The van der Waals surface area contributed by atoms with Crippen LogP contribution in [0.5, 0.6) is 0 Å². The van der Waals surface area contributed by atoms with Crippen molar-refractivity contribution >= 4 is 12.0 Å². The fraction of sp³-hybridized carbons (Fsp3) is 0.857. The normalized spacial score (nSPS) is 22.1. The first-order valence-corrected chi connectivity index (χ1v) is 7.23. The van der Waals surface area contributed by atoms with Crippen molar-refractivity contribution in [1.29, 1.82) is 0 Å². The Morgan fingerprint density at radius 3 is 2.25 bits per heavy atom. The molecule has 0 aromatic heterocycles. The van der Waals surface area contributed by atoms with Crippen LogP contribution in [0.1, 0.15) is 47.5 Å². The van der Waals surface area contributed by atoms with Gasteiger partial charge in [0.2, 0.25) is 5.91 Å². The van der Waals surface area contributed by atoms with E-state index in [1.54, 1.807) is 27.8 Å². The number of hydrogen-bond acceptors (Lipinski definition) is 4. The number of ether oxygens (including phenoxy) is 1. The van der Waals surface area contributed by atoms with Gasteiger partial charge in [-0.15, -0.1) is 0 Å². The first-order chi connectivity index (χ1) is 9.29. The molecule has 0 spiro atoms. The molecule has 0 aromatic carbocycles. The average molecular weight is 287 g/mol. The maximum absolute atomic E-state index is 12.0. The molecule has 1 rings (SSSR count). The second kappa shape index (κ2) is 8.09. The molecule has 1 saturated heterocycles. The van der Waals surface area contributed by atoms with Gasteiger partial charge >= 0.3 is 6.09 Å². The molecule has 20 heavy (non-hydrogen) atoms. The number of piperidine rings is 1. The van der Waals surface area contributed by atoms with Gasteiger partial charge in [-0.05, 0) is 40.2 Å². The quantitative estimate of drug-likeness (QED) is 0.717. The standard InChI is InChI=1S/C12H23N3O3.C2H6/c1-11(2,3)18-10(17)15-12(9(16)13-4)6-5-7-14-8-12;1-2/h14H,5-8H2,1-4H3,(H,13,16)(H,15,17);1-2H3. The third kappa shape index (κ3) is 5.77. The SMILES string of the molecule is CC.CNC(=O)C1(NC(=O)OC(C)(C)C)CCCNC1. The summed E-state index contributed by atoms with van der Waals surface area (Å²) in [5.41, 5.74) is -1.48. The van der Waals surface area contributed by atoms with Crippen molar-refractivity contribution in [3.63, 3.8) is 0 Å². The van der Waals surface area contributed by atoms with Crippen LogP contribution in [0.15, 0.2) is 0 Å². The summed E-state index contributed by atoms with van der Waals surface area (Å²) in [7, 11) is 1.56. The summed E-state index contributed by atoms with van der Waals surface area (Å²) in [5, 5.41) is 8.43. The lowest BCUT2D eigenvalue weighted by atomic mass is 9.89. The molecule has 3 N–H and O–H groups in total. The highest BCUT2D eigenvalue weighted by Crippen LogP contribution is 2.18. The summed E-state index contributed by atoms with van der Waals surface area (Å²) in [6.07, 6.45) is 0.886. The average Bonchev–Trinajstić information content (AvgIpc) is 2.38. The van der Waals surface area contributed by atoms with E-state index in [4.69, 9.17) is 4.74 Å². The minimum atomic E-state index is -0.907. The van der Waals surface area contributed by atoms with E-state index >= 15 is 0 Å². The van der Waals surface area contributed by atoms with Gasteiger partial charge in [0, 0.05) is 13.6 Å². The van der Waals surface area contributed by atoms with E-state index in [9.17, 15) is 9.59 Å². The van der Waals surface area contributed by atoms with E-state index in [2.05, 4.69) is 16.0 Å². The van der Waals surface area contributed by atoms with Crippen LogP contribution in [0.25, 0.3) is 0 Å². The Labute approximate surface area is 122 Å². The summed E-state index contributed by atoms with van der Waals surface area (Å²) in [5.74, 6) is -0.194. The zero-order chi connectivity index (χ0) is 15.8. The molecule has 1 aliphatic heterocycles. The molecule has 0 aromatic rings. The van der Waals surface area contributed by atoms with Gasteiger partial charge in [0.25, 0.3) is 0 Å². The van der Waals surface area contributed by atoms with Gasteiger partial charge in [0.05, 0.1) is 0 Å². The summed E-state index contributed by atoms with van der Waals surface area (Å²) >= 11 is 0. The number of carbonyl (C=O) groups is 2. The number of alkyl carbamates (subject to hydrolysis) is 1. The van der Waals surface area contributed by atoms with Crippen molar-refractivity contribution in [3.8, 4) is 0 Å². The van der Waals surface area contributed by atoms with Crippen molar-refractivity contribution in [1.82, 2.24) is 16.0 Å². The minimum absolute atomic E-state index is 0.194. The van der Waals surface area contributed by atoms with Gasteiger partial charge in [-0.2, -0.15) is 0 Å². The molecule has 6 heteroatoms. The molecular weight excluding hydrogens is 258 g/mol. The predicted molar refractivity (Wildman–Crippen MR) is 79.6 cm³/mol. The molecule has 1 atom stereocenters. The molecule has 0 radical (unpaired) electrons. The van der Waals surface area contributed by atoms with Crippen LogP contribution >= 0.6 is 0 Å². The first-order valence-electron chi connectivity index (χ1n) is 7.23. The fourth-order valence-corrected chi connectivity index (χ4v) is 2.00. The Kier molecular flexibility index (Phi) is 7.57. The fourth-order valence-electron chi connectivity index (χ4n) is 2.00. The van der Waals surface area contributed by atoms with E-state index in [-0.39, 0.29) is 5.91 Å². The van der Waals surface area contributed by atoms with Crippen LogP contribution in [-0.2, 0) is 9.53 Å². The van der Waals surface area contributed by atoms with Gasteiger partial charge in [-0.1, -0.05) is 13.8 Å². The molecule has 0 aliphatic carbocycles. The predicted octanol–water partition coefficient (Wildman–Crippen LogP) is 1.41. The summed E-state index contributed by atoms with van der Waals surface area (Å²) in [6.45, 7) is 10.6. The molecule has 1 heterocycles. The van der Waals surface area contributed by atoms with Crippen LogP contribution in [0.3, 0.4) is 0 Å². The van der Waals surface area contributed by atoms with Gasteiger partial charge < -0.3 is 20.7 Å². The Morgan fingerprint density at radius 1 is 1.25 bits per heavy atom. The van der Waals surface area contributed by atoms with Gasteiger partial charge in [0.15, 0.2) is 0 Å². The lowest BCUT2D eigenvalue weighted by molar-refractivity contribution is -0.128. The summed E-state index contributed by atoms with van der Waals surface area (Å²) < 4.78 is 5.20. The van der Waals surface area contributed by atoms with Crippen molar-refractivity contribution in [3.05, 3.63) is 0 Å². The van der Waals surface area contributed by atoms with Crippen LogP contribution in [0.4, 0.5) is 4.79 Å². The zero-order valence-corrected chi connectivity index (χ0v) is 13.6. The van der Waals surface area contributed by atoms with E-state index in [0.717, 1.165) is 13.0 Å². The Morgan fingerprint density at radius 2 is 1.85 bits per heavy atom. The molecule has 1 unspecified atom stereocenters. The van der Waals surface area contributed by atoms with Crippen molar-refractivity contribution in [2.45, 2.75) is 58.6 Å². The molecule has 1 aliphatic rings. The number of nitrogens with one attached hydrogen (secondary N) is 3. The molecule has 0 bridgehead atoms. The van der Waals surface area contributed by atoms with E-state index in [1.165, 1.54) is 0 Å². The third-order valence-electron chi connectivity index (χ3n) is 2.79. The van der Waals surface area contributed by atoms with Gasteiger partial charge in [0.1, 0.15) is 11.1 Å². The van der Waals surface area contributed by atoms with Crippen LogP contribution in [0, 0.1) is 0 Å². The van der Waals surface area contributed by atoms with E-state index < -0.39 is 17.2 Å². The summed E-state index contributed by atoms with van der Waals surface area (Å²) in [6, 6.07) is 0. The maximum Gasteiger partial charge on any atom is 0.408 e. The van der Waals surface area contributed by atoms with E-state index in [1.807, 2.05) is 13.8 Å². The van der Waals surface area contributed by atoms with Crippen LogP contribution in [-0.4, -0.2) is 43.3 Å². The molecular formula is C14H29N3O3. The zero-order valence-electron chi connectivity index (χ0n) is 13.6. The molecule has 118 valence electrons. The number of rotatable bonds is 2. The van der Waals surface area contributed by atoms with E-state index in [0.29, 0.717) is 13.0 Å². The molecule has 0 saturated carbocycles. The largest absolute Gasteiger partial charge is 0.444 e. The Balaban J connectivity index is 0.00000172. The second-order valence-electron chi connectivity index (χ2n) is 5.57. The highest BCUT2D eigenvalue weighted by Gasteiger charge is 2.41. The monoisotopic (exact) mass is 287 g/mol. The van der Waals surface area contributed by atoms with Crippen molar-refractivity contribution in [2.75, 3.05) is 20.1 Å². The van der Waals surface area contributed by atoms with Crippen LogP contribution < -0.4 is 16.0 Å². The molecule has 2 amide bonds. The van der Waals surface area contributed by atoms with Gasteiger partial charge in [-0.3, -0.25) is 4.79 Å². The Hall–Kier alpha value is -1.30. The number of amides is 2. The molecule has 6 nitrogen and oxygen atoms in total.